The molecule has 44 heavy (non-hydrogen) atoms. The molecule has 0 spiro atoms. The van der Waals surface area contributed by atoms with Gasteiger partial charge < -0.3 is 9.80 Å². The van der Waals surface area contributed by atoms with Crippen LogP contribution in [0.15, 0.2) is 130 Å². The molecule has 6 aromatic rings. The van der Waals surface area contributed by atoms with E-state index in [0.29, 0.717) is 0 Å². The van der Waals surface area contributed by atoms with Gasteiger partial charge in [0.2, 0.25) is 0 Å². The van der Waals surface area contributed by atoms with Gasteiger partial charge in [0.05, 0.1) is 22.7 Å². The van der Waals surface area contributed by atoms with Crippen LogP contribution in [0.3, 0.4) is 0 Å². The molecule has 0 aliphatic carbocycles. The molecule has 0 amide bonds. The summed E-state index contributed by atoms with van der Waals surface area (Å²) in [5.41, 5.74) is 10.0. The van der Waals surface area contributed by atoms with Crippen LogP contribution in [0.4, 0.5) is 34.1 Å². The molecule has 0 aromatic heterocycles. The van der Waals surface area contributed by atoms with E-state index in [9.17, 15) is 0 Å². The molecule has 0 saturated heterocycles. The Morgan fingerprint density at radius 1 is 0.477 bits per heavy atom. The van der Waals surface area contributed by atoms with Crippen molar-refractivity contribution in [3.8, 4) is 11.1 Å². The first-order valence-corrected chi connectivity index (χ1v) is 14.7. The van der Waals surface area contributed by atoms with Crippen molar-refractivity contribution in [2.24, 2.45) is 20.5 Å². The maximum absolute atomic E-state index is 4.81. The van der Waals surface area contributed by atoms with Crippen molar-refractivity contribution >= 4 is 55.7 Å². The quantitative estimate of drug-likeness (QED) is 0.177. The molecule has 0 bridgehead atoms. The Bertz CT molecular complexity index is 2020. The third-order valence-electron chi connectivity index (χ3n) is 8.04. The van der Waals surface area contributed by atoms with E-state index in [2.05, 4.69) is 119 Å². The number of azo groups is 2. The number of rotatable bonds is 7. The van der Waals surface area contributed by atoms with Gasteiger partial charge in [-0.05, 0) is 108 Å². The Kier molecular flexibility index (Phi) is 7.90. The molecule has 6 rings (SSSR count). The van der Waals surface area contributed by atoms with Crippen LogP contribution >= 0.6 is 0 Å². The van der Waals surface area contributed by atoms with Crippen LogP contribution in [0.2, 0.25) is 0 Å². The van der Waals surface area contributed by atoms with E-state index in [1.54, 1.807) is 0 Å². The minimum atomic E-state index is 0.817. The van der Waals surface area contributed by atoms with Crippen LogP contribution < -0.4 is 9.80 Å². The lowest BCUT2D eigenvalue weighted by Gasteiger charge is -2.14. The average molecular weight is 577 g/mol. The van der Waals surface area contributed by atoms with Crippen molar-refractivity contribution in [2.75, 3.05) is 38.0 Å². The van der Waals surface area contributed by atoms with E-state index >= 15 is 0 Å². The van der Waals surface area contributed by atoms with E-state index in [0.717, 1.165) is 77.9 Å². The van der Waals surface area contributed by atoms with Crippen molar-refractivity contribution in [1.29, 1.82) is 0 Å². The summed E-state index contributed by atoms with van der Waals surface area (Å²) in [6.45, 7) is 4.21. The van der Waals surface area contributed by atoms with Crippen molar-refractivity contribution in [2.45, 2.75) is 13.8 Å². The number of hydrogen-bond acceptors (Lipinski definition) is 6. The number of nitrogens with zero attached hydrogens (tertiary/aromatic N) is 6. The normalized spacial score (nSPS) is 11.7. The minimum absolute atomic E-state index is 0.817. The highest BCUT2D eigenvalue weighted by Crippen LogP contribution is 2.41. The molecule has 0 atom stereocenters. The van der Waals surface area contributed by atoms with E-state index in [4.69, 9.17) is 10.2 Å². The number of hydrogen-bond donors (Lipinski definition) is 0. The standard InChI is InChI=1S/C38H36N6/c1-25-11-12-27-13-14-29(24-36(27)37(25)41-39-30-15-19-32(20-16-30)43(3)4)35-23-28-9-7-8-10-34(28)38(26(35)2)42-40-31-17-21-33(22-18-31)44(5)6/h7-24H,1-6H3. The Labute approximate surface area is 259 Å². The van der Waals surface area contributed by atoms with Gasteiger partial charge in [0, 0.05) is 50.3 Å². The molecule has 0 saturated carbocycles. The maximum atomic E-state index is 4.81. The van der Waals surface area contributed by atoms with Crippen LogP contribution in [-0.4, -0.2) is 28.2 Å². The molecule has 218 valence electrons. The topological polar surface area (TPSA) is 55.9 Å². The van der Waals surface area contributed by atoms with Crippen molar-refractivity contribution in [3.63, 3.8) is 0 Å². The lowest BCUT2D eigenvalue weighted by molar-refractivity contribution is 1.13. The van der Waals surface area contributed by atoms with Crippen molar-refractivity contribution < 1.29 is 0 Å². The summed E-state index contributed by atoms with van der Waals surface area (Å²) in [6.07, 6.45) is 0. The molecular formula is C38H36N6. The number of fused-ring (bicyclic) bond motifs is 2. The Morgan fingerprint density at radius 3 is 1.66 bits per heavy atom. The van der Waals surface area contributed by atoms with Crippen LogP contribution in [0.5, 0.6) is 0 Å². The SMILES string of the molecule is Cc1ccc2ccc(-c3cc4ccccc4c(N=Nc4ccc(N(C)C)cc4)c3C)cc2c1N=Nc1ccc(N(C)C)cc1. The smallest absolute Gasteiger partial charge is 0.0970 e. The second-order valence-electron chi connectivity index (χ2n) is 11.5. The first-order chi connectivity index (χ1) is 21.3. The number of aryl methyl sites for hydroxylation is 1. The van der Waals surface area contributed by atoms with Gasteiger partial charge in [-0.25, -0.2) is 0 Å². The maximum Gasteiger partial charge on any atom is 0.0970 e. The van der Waals surface area contributed by atoms with Crippen molar-refractivity contribution in [3.05, 3.63) is 120 Å². The summed E-state index contributed by atoms with van der Waals surface area (Å²) in [5, 5.41) is 23.2. The summed E-state index contributed by atoms with van der Waals surface area (Å²) >= 11 is 0. The van der Waals surface area contributed by atoms with E-state index in [-0.39, 0.29) is 0 Å². The highest BCUT2D eigenvalue weighted by atomic mass is 15.1. The monoisotopic (exact) mass is 576 g/mol. The average Bonchev–Trinajstić information content (AvgIpc) is 3.03. The van der Waals surface area contributed by atoms with Crippen LogP contribution in [0.25, 0.3) is 32.7 Å². The predicted octanol–water partition coefficient (Wildman–Crippen LogP) is 11.2. The summed E-state index contributed by atoms with van der Waals surface area (Å²) < 4.78 is 0. The zero-order valence-corrected chi connectivity index (χ0v) is 26.1. The largest absolute Gasteiger partial charge is 0.378 e. The fourth-order valence-electron chi connectivity index (χ4n) is 5.42. The molecule has 0 radical (unpaired) electrons. The molecule has 0 heterocycles. The second-order valence-corrected chi connectivity index (χ2v) is 11.5. The Morgan fingerprint density at radius 2 is 1.05 bits per heavy atom. The molecule has 0 aliphatic heterocycles. The summed E-state index contributed by atoms with van der Waals surface area (Å²) in [6, 6.07) is 37.6. The van der Waals surface area contributed by atoms with Gasteiger partial charge >= 0.3 is 0 Å². The minimum Gasteiger partial charge on any atom is -0.378 e. The molecular weight excluding hydrogens is 540 g/mol. The number of benzene rings is 6. The van der Waals surface area contributed by atoms with Gasteiger partial charge in [0.15, 0.2) is 0 Å². The molecule has 6 aromatic carbocycles. The second kappa shape index (κ2) is 12.1. The highest BCUT2D eigenvalue weighted by molar-refractivity contribution is 6.01. The first kappa shape index (κ1) is 28.7. The fraction of sp³-hybridized carbons (Fsp3) is 0.158. The van der Waals surface area contributed by atoms with Gasteiger partial charge in [-0.1, -0.05) is 48.5 Å². The third-order valence-corrected chi connectivity index (χ3v) is 8.04. The molecule has 0 N–H and O–H groups in total. The van der Waals surface area contributed by atoms with Gasteiger partial charge in [-0.3, -0.25) is 0 Å². The third kappa shape index (κ3) is 5.79. The highest BCUT2D eigenvalue weighted by Gasteiger charge is 2.14. The Balaban J connectivity index is 1.43. The fourth-order valence-corrected chi connectivity index (χ4v) is 5.42. The molecule has 0 unspecified atom stereocenters. The van der Waals surface area contributed by atoms with Gasteiger partial charge in [-0.2, -0.15) is 10.2 Å². The predicted molar refractivity (Wildman–Crippen MR) is 186 cm³/mol. The number of anilines is 2. The van der Waals surface area contributed by atoms with Crippen LogP contribution in [0, 0.1) is 13.8 Å². The molecule has 6 heteroatoms. The molecule has 0 fully saturated rings. The van der Waals surface area contributed by atoms with Gasteiger partial charge in [0.25, 0.3) is 0 Å². The summed E-state index contributed by atoms with van der Waals surface area (Å²) in [7, 11) is 8.12. The molecule has 6 nitrogen and oxygen atoms in total. The van der Waals surface area contributed by atoms with Crippen LogP contribution in [-0.2, 0) is 0 Å². The van der Waals surface area contributed by atoms with Crippen LogP contribution in [0.1, 0.15) is 11.1 Å². The molecule has 0 aliphatic rings. The van der Waals surface area contributed by atoms with E-state index < -0.39 is 0 Å². The van der Waals surface area contributed by atoms with Gasteiger partial charge in [0.1, 0.15) is 0 Å². The van der Waals surface area contributed by atoms with E-state index in [1.807, 2.05) is 52.5 Å². The summed E-state index contributed by atoms with van der Waals surface area (Å²) in [4.78, 5) is 4.14. The Hall–Kier alpha value is -5.36. The summed E-state index contributed by atoms with van der Waals surface area (Å²) in [5.74, 6) is 0. The lowest BCUT2D eigenvalue weighted by Crippen LogP contribution is -2.07. The van der Waals surface area contributed by atoms with Gasteiger partial charge in [-0.15, -0.1) is 10.2 Å². The first-order valence-electron chi connectivity index (χ1n) is 14.7. The zero-order valence-electron chi connectivity index (χ0n) is 26.1. The van der Waals surface area contributed by atoms with Crippen molar-refractivity contribution in [1.82, 2.24) is 0 Å². The zero-order chi connectivity index (χ0) is 30.8. The lowest BCUT2D eigenvalue weighted by atomic mass is 9.92. The van der Waals surface area contributed by atoms with E-state index in [1.165, 1.54) is 0 Å².